The normalized spacial score (nSPS) is 17.1. The summed E-state index contributed by atoms with van der Waals surface area (Å²) in [4.78, 5) is 19.4. The van der Waals surface area contributed by atoms with Crippen molar-refractivity contribution in [1.29, 1.82) is 0 Å². The fraction of sp³-hybridized carbons (Fsp3) is 0.409. The zero-order chi connectivity index (χ0) is 21.1. The number of anilines is 1. The molecule has 30 heavy (non-hydrogen) atoms. The molecule has 2 aromatic heterocycles. The van der Waals surface area contributed by atoms with Crippen LogP contribution in [0.5, 0.6) is 5.75 Å². The lowest BCUT2D eigenvalue weighted by atomic mass is 10.0. The van der Waals surface area contributed by atoms with Crippen LogP contribution in [0, 0.1) is 6.92 Å². The van der Waals surface area contributed by atoms with Gasteiger partial charge < -0.3 is 14.4 Å². The van der Waals surface area contributed by atoms with Crippen molar-refractivity contribution in [2.75, 3.05) is 45.8 Å². The minimum atomic E-state index is -0.119. The van der Waals surface area contributed by atoms with Crippen molar-refractivity contribution in [3.63, 3.8) is 0 Å². The zero-order valence-electron chi connectivity index (χ0n) is 17.8. The number of thiazole rings is 1. The molecule has 1 aromatic carbocycles. The molecule has 1 atom stereocenters. The Morgan fingerprint density at radius 2 is 2.00 bits per heavy atom. The first kappa shape index (κ1) is 20.7. The topological polar surface area (TPSA) is 63.6 Å². The molecule has 0 bridgehead atoms. The maximum absolute atomic E-state index is 6.19. The Hall–Kier alpha value is -2.55. The van der Waals surface area contributed by atoms with Crippen LogP contribution in [-0.2, 0) is 11.3 Å². The Balaban J connectivity index is 1.63. The summed E-state index contributed by atoms with van der Waals surface area (Å²) in [6, 6.07) is 7.99. The van der Waals surface area contributed by atoms with Crippen molar-refractivity contribution >= 4 is 17.3 Å². The molecule has 158 valence electrons. The fourth-order valence-electron chi connectivity index (χ4n) is 3.55. The third kappa shape index (κ3) is 4.61. The molecule has 3 heterocycles. The molecule has 1 unspecified atom stereocenters. The highest BCUT2D eigenvalue weighted by molar-refractivity contribution is 7.11. The second-order valence-electron chi connectivity index (χ2n) is 7.53. The number of aromatic nitrogens is 3. The van der Waals surface area contributed by atoms with Gasteiger partial charge in [-0.05, 0) is 24.6 Å². The van der Waals surface area contributed by atoms with Gasteiger partial charge in [0.05, 0.1) is 24.4 Å². The van der Waals surface area contributed by atoms with Crippen LogP contribution in [0.1, 0.15) is 21.7 Å². The van der Waals surface area contributed by atoms with Crippen LogP contribution in [0.15, 0.2) is 36.7 Å². The van der Waals surface area contributed by atoms with Crippen LogP contribution in [0.2, 0.25) is 0 Å². The van der Waals surface area contributed by atoms with Crippen LogP contribution in [0.25, 0.3) is 11.1 Å². The molecule has 1 saturated heterocycles. The molecule has 8 heteroatoms. The second kappa shape index (κ2) is 9.07. The Bertz CT molecular complexity index is 989. The second-order valence-corrected chi connectivity index (χ2v) is 8.85. The number of benzene rings is 1. The fourth-order valence-corrected chi connectivity index (χ4v) is 4.39. The summed E-state index contributed by atoms with van der Waals surface area (Å²) < 4.78 is 11.5. The number of ether oxygens (including phenoxy) is 2. The van der Waals surface area contributed by atoms with Gasteiger partial charge in [0.15, 0.2) is 0 Å². The van der Waals surface area contributed by atoms with E-state index in [1.54, 1.807) is 18.4 Å². The highest BCUT2D eigenvalue weighted by Gasteiger charge is 2.27. The van der Waals surface area contributed by atoms with Gasteiger partial charge in [0.1, 0.15) is 11.9 Å². The van der Waals surface area contributed by atoms with E-state index in [-0.39, 0.29) is 6.10 Å². The lowest BCUT2D eigenvalue weighted by Gasteiger charge is -2.33. The maximum Gasteiger partial charge on any atom is 0.225 e. The van der Waals surface area contributed by atoms with Crippen LogP contribution < -0.4 is 9.64 Å². The van der Waals surface area contributed by atoms with E-state index in [9.17, 15) is 0 Å². The summed E-state index contributed by atoms with van der Waals surface area (Å²) in [6.45, 7) is 5.28. The quantitative estimate of drug-likeness (QED) is 0.598. The predicted molar refractivity (Wildman–Crippen MR) is 119 cm³/mol. The van der Waals surface area contributed by atoms with Crippen LogP contribution >= 0.6 is 11.3 Å². The number of morpholine rings is 1. The van der Waals surface area contributed by atoms with Gasteiger partial charge in [-0.2, -0.15) is 0 Å². The molecule has 7 nitrogen and oxygen atoms in total. The van der Waals surface area contributed by atoms with Gasteiger partial charge in [-0.3, -0.25) is 4.90 Å². The SMILES string of the molecule is COc1ccc(-c2cnc(N(C)C)nc2C2CN(Cc3cnc(C)s3)CCO2)cc1. The van der Waals surface area contributed by atoms with E-state index in [1.807, 2.05) is 62.6 Å². The number of hydrogen-bond acceptors (Lipinski definition) is 8. The number of rotatable bonds is 6. The summed E-state index contributed by atoms with van der Waals surface area (Å²) in [7, 11) is 5.57. The number of aryl methyl sites for hydroxylation is 1. The highest BCUT2D eigenvalue weighted by atomic mass is 32.1. The third-order valence-corrected chi connectivity index (χ3v) is 6.01. The van der Waals surface area contributed by atoms with E-state index < -0.39 is 0 Å². The number of nitrogens with zero attached hydrogens (tertiary/aromatic N) is 5. The summed E-state index contributed by atoms with van der Waals surface area (Å²) in [5.41, 5.74) is 2.96. The van der Waals surface area contributed by atoms with E-state index in [1.165, 1.54) is 4.88 Å². The van der Waals surface area contributed by atoms with Crippen LogP contribution in [-0.4, -0.2) is 60.8 Å². The molecule has 0 aliphatic carbocycles. The summed E-state index contributed by atoms with van der Waals surface area (Å²) in [5, 5.41) is 1.10. The van der Waals surface area contributed by atoms with Gasteiger partial charge in [-0.25, -0.2) is 15.0 Å². The molecule has 0 spiro atoms. The van der Waals surface area contributed by atoms with Gasteiger partial charge in [-0.1, -0.05) is 12.1 Å². The largest absolute Gasteiger partial charge is 0.497 e. The molecular weight excluding hydrogens is 398 g/mol. The minimum Gasteiger partial charge on any atom is -0.497 e. The third-order valence-electron chi connectivity index (χ3n) is 5.11. The summed E-state index contributed by atoms with van der Waals surface area (Å²) in [6.07, 6.45) is 3.75. The van der Waals surface area contributed by atoms with Crippen molar-refractivity contribution in [2.45, 2.75) is 19.6 Å². The van der Waals surface area contributed by atoms with Crippen LogP contribution in [0.3, 0.4) is 0 Å². The molecule has 0 amide bonds. The lowest BCUT2D eigenvalue weighted by Crippen LogP contribution is -2.38. The number of hydrogen-bond donors (Lipinski definition) is 0. The monoisotopic (exact) mass is 425 g/mol. The van der Waals surface area contributed by atoms with Crippen LogP contribution in [0.4, 0.5) is 5.95 Å². The van der Waals surface area contributed by atoms with Gasteiger partial charge in [-0.15, -0.1) is 11.3 Å². The minimum absolute atomic E-state index is 0.119. The van der Waals surface area contributed by atoms with Crippen molar-refractivity contribution in [3.8, 4) is 16.9 Å². The molecule has 1 aliphatic heterocycles. The summed E-state index contributed by atoms with van der Waals surface area (Å²) in [5.74, 6) is 1.51. The van der Waals surface area contributed by atoms with Crippen molar-refractivity contribution < 1.29 is 9.47 Å². The van der Waals surface area contributed by atoms with Gasteiger partial charge in [0.2, 0.25) is 5.95 Å². The predicted octanol–water partition coefficient (Wildman–Crippen LogP) is 3.56. The van der Waals surface area contributed by atoms with E-state index in [0.717, 1.165) is 47.2 Å². The molecule has 4 rings (SSSR count). The van der Waals surface area contributed by atoms with E-state index in [4.69, 9.17) is 14.5 Å². The molecule has 0 saturated carbocycles. The molecule has 3 aromatic rings. The first-order valence-electron chi connectivity index (χ1n) is 9.97. The van der Waals surface area contributed by atoms with Crippen molar-refractivity contribution in [1.82, 2.24) is 19.9 Å². The first-order chi connectivity index (χ1) is 14.5. The molecular formula is C22H27N5O2S. The average molecular weight is 426 g/mol. The standard InChI is InChI=1S/C22H27N5O2S/c1-15-23-11-18(30-15)13-27-9-10-29-20(14-27)21-19(12-24-22(25-21)26(2)3)16-5-7-17(28-4)8-6-16/h5-8,11-12,20H,9-10,13-14H2,1-4H3. The molecule has 0 radical (unpaired) electrons. The Kier molecular flexibility index (Phi) is 6.26. The Morgan fingerprint density at radius 1 is 1.20 bits per heavy atom. The molecule has 1 aliphatic rings. The number of methoxy groups -OCH3 is 1. The lowest BCUT2D eigenvalue weighted by molar-refractivity contribution is -0.0344. The summed E-state index contributed by atoms with van der Waals surface area (Å²) >= 11 is 1.75. The smallest absolute Gasteiger partial charge is 0.225 e. The van der Waals surface area contributed by atoms with E-state index >= 15 is 0 Å². The average Bonchev–Trinajstić information content (AvgIpc) is 3.18. The Morgan fingerprint density at radius 3 is 2.67 bits per heavy atom. The van der Waals surface area contributed by atoms with E-state index in [2.05, 4.69) is 14.9 Å². The van der Waals surface area contributed by atoms with E-state index in [0.29, 0.717) is 12.6 Å². The van der Waals surface area contributed by atoms with Crippen molar-refractivity contribution in [3.05, 3.63) is 52.2 Å². The Labute approximate surface area is 181 Å². The van der Waals surface area contributed by atoms with Gasteiger partial charge in [0.25, 0.3) is 0 Å². The highest BCUT2D eigenvalue weighted by Crippen LogP contribution is 2.33. The van der Waals surface area contributed by atoms with Gasteiger partial charge in [0, 0.05) is 56.6 Å². The molecule has 1 fully saturated rings. The van der Waals surface area contributed by atoms with Crippen molar-refractivity contribution in [2.24, 2.45) is 0 Å². The molecule has 0 N–H and O–H groups in total. The van der Waals surface area contributed by atoms with Gasteiger partial charge >= 0.3 is 0 Å². The maximum atomic E-state index is 6.19. The zero-order valence-corrected chi connectivity index (χ0v) is 18.6. The first-order valence-corrected chi connectivity index (χ1v) is 10.8.